The number of sulfone groups is 1. The van der Waals surface area contributed by atoms with Crippen LogP contribution in [0.3, 0.4) is 0 Å². The van der Waals surface area contributed by atoms with Gasteiger partial charge in [0.25, 0.3) is 0 Å². The molecule has 0 N–H and O–H groups in total. The lowest BCUT2D eigenvalue weighted by Gasteiger charge is -1.99. The minimum absolute atomic E-state index is 0.0881. The van der Waals surface area contributed by atoms with Crippen LogP contribution < -0.4 is 0 Å². The predicted octanol–water partition coefficient (Wildman–Crippen LogP) is 2.43. The first-order chi connectivity index (χ1) is 6.67. The molecule has 0 aliphatic rings. The molecule has 1 aromatic rings. The van der Waals surface area contributed by atoms with Gasteiger partial charge < -0.3 is 0 Å². The first-order valence-electron chi connectivity index (χ1n) is 4.59. The molecule has 76 valence electrons. The zero-order valence-corrected chi connectivity index (χ0v) is 9.00. The lowest BCUT2D eigenvalue weighted by atomic mass is 10.4. The highest BCUT2D eigenvalue weighted by Gasteiger charge is 2.10. The zero-order chi connectivity index (χ0) is 10.4. The molecule has 3 heteroatoms. The predicted molar refractivity (Wildman–Crippen MR) is 57.9 cm³/mol. The van der Waals surface area contributed by atoms with Gasteiger partial charge in [0.15, 0.2) is 9.84 Å². The lowest BCUT2D eigenvalue weighted by molar-refractivity contribution is 0.599. The van der Waals surface area contributed by atoms with E-state index >= 15 is 0 Å². The Bertz CT molecular complexity index is 391. The molecule has 0 aliphatic heterocycles. The van der Waals surface area contributed by atoms with Crippen molar-refractivity contribution in [3.05, 3.63) is 42.5 Å². The SMILES string of the molecule is CC/C=C/CS(=O)(=O)c1ccccc1. The maximum atomic E-state index is 11.7. The van der Waals surface area contributed by atoms with Crippen LogP contribution in [0.4, 0.5) is 0 Å². The van der Waals surface area contributed by atoms with Crippen molar-refractivity contribution in [3.63, 3.8) is 0 Å². The summed E-state index contributed by atoms with van der Waals surface area (Å²) >= 11 is 0. The molecule has 0 amide bonds. The van der Waals surface area contributed by atoms with Crippen molar-refractivity contribution in [1.82, 2.24) is 0 Å². The summed E-state index contributed by atoms with van der Waals surface area (Å²) < 4.78 is 23.3. The average Bonchev–Trinajstić information content (AvgIpc) is 2.19. The lowest BCUT2D eigenvalue weighted by Crippen LogP contribution is -2.04. The molecule has 2 nitrogen and oxygen atoms in total. The van der Waals surface area contributed by atoms with Gasteiger partial charge in [-0.25, -0.2) is 8.42 Å². The maximum Gasteiger partial charge on any atom is 0.181 e. The van der Waals surface area contributed by atoms with E-state index in [1.54, 1.807) is 36.4 Å². The van der Waals surface area contributed by atoms with Gasteiger partial charge in [-0.05, 0) is 18.6 Å². The highest BCUT2D eigenvalue weighted by molar-refractivity contribution is 7.91. The van der Waals surface area contributed by atoms with Crippen LogP contribution in [0.5, 0.6) is 0 Å². The molecular weight excluding hydrogens is 196 g/mol. The largest absolute Gasteiger partial charge is 0.223 e. The third-order valence-corrected chi connectivity index (χ3v) is 3.44. The van der Waals surface area contributed by atoms with Gasteiger partial charge in [-0.3, -0.25) is 0 Å². The summed E-state index contributed by atoms with van der Waals surface area (Å²) in [5.74, 6) is 0.0881. The van der Waals surface area contributed by atoms with Gasteiger partial charge in [0.05, 0.1) is 10.6 Å². The Kier molecular flexibility index (Phi) is 3.89. The second-order valence-electron chi connectivity index (χ2n) is 2.97. The molecular formula is C11H14O2S. The summed E-state index contributed by atoms with van der Waals surface area (Å²) in [4.78, 5) is 0.390. The van der Waals surface area contributed by atoms with Crippen molar-refractivity contribution in [2.45, 2.75) is 18.2 Å². The van der Waals surface area contributed by atoms with Crippen molar-refractivity contribution < 1.29 is 8.42 Å². The number of allylic oxidation sites excluding steroid dienone is 1. The number of hydrogen-bond donors (Lipinski definition) is 0. The Hall–Kier alpha value is -1.09. The van der Waals surface area contributed by atoms with Crippen molar-refractivity contribution in [2.24, 2.45) is 0 Å². The minimum Gasteiger partial charge on any atom is -0.223 e. The Labute approximate surface area is 85.2 Å². The molecule has 0 radical (unpaired) electrons. The number of rotatable bonds is 4. The molecule has 0 bridgehead atoms. The normalized spacial score (nSPS) is 12.1. The van der Waals surface area contributed by atoms with Gasteiger partial charge in [-0.2, -0.15) is 0 Å². The fourth-order valence-electron chi connectivity index (χ4n) is 1.09. The summed E-state index contributed by atoms with van der Waals surface area (Å²) in [5, 5.41) is 0. The Morgan fingerprint density at radius 1 is 1.14 bits per heavy atom. The van der Waals surface area contributed by atoms with Gasteiger partial charge in [0, 0.05) is 0 Å². The van der Waals surface area contributed by atoms with Crippen LogP contribution in [0.25, 0.3) is 0 Å². The third kappa shape index (κ3) is 3.00. The molecule has 0 atom stereocenters. The van der Waals surface area contributed by atoms with Crippen LogP contribution in [0.1, 0.15) is 13.3 Å². The number of benzene rings is 1. The molecule has 14 heavy (non-hydrogen) atoms. The molecule has 0 unspecified atom stereocenters. The molecule has 0 heterocycles. The van der Waals surface area contributed by atoms with Crippen LogP contribution in [0, 0.1) is 0 Å². The fourth-order valence-corrected chi connectivity index (χ4v) is 2.24. The Morgan fingerprint density at radius 3 is 2.36 bits per heavy atom. The first-order valence-corrected chi connectivity index (χ1v) is 6.25. The van der Waals surface area contributed by atoms with Crippen LogP contribution in [-0.2, 0) is 9.84 Å². The second kappa shape index (κ2) is 4.96. The van der Waals surface area contributed by atoms with Gasteiger partial charge in [-0.1, -0.05) is 37.3 Å². The van der Waals surface area contributed by atoms with Crippen molar-refractivity contribution >= 4 is 9.84 Å². The first kappa shape index (κ1) is 11.0. The zero-order valence-electron chi connectivity index (χ0n) is 8.18. The van der Waals surface area contributed by atoms with Gasteiger partial charge in [0.2, 0.25) is 0 Å². The molecule has 0 saturated heterocycles. The average molecular weight is 210 g/mol. The van der Waals surface area contributed by atoms with E-state index < -0.39 is 9.84 Å². The molecule has 0 aliphatic carbocycles. The monoisotopic (exact) mass is 210 g/mol. The summed E-state index contributed by atoms with van der Waals surface area (Å²) in [6.45, 7) is 1.98. The van der Waals surface area contributed by atoms with Crippen LogP contribution >= 0.6 is 0 Å². The molecule has 1 rings (SSSR count). The van der Waals surface area contributed by atoms with E-state index in [4.69, 9.17) is 0 Å². The van der Waals surface area contributed by atoms with Crippen molar-refractivity contribution in [3.8, 4) is 0 Å². The quantitative estimate of drug-likeness (QED) is 0.715. The minimum atomic E-state index is -3.12. The standard InChI is InChI=1S/C11H14O2S/c1-2-3-7-10-14(12,13)11-8-5-4-6-9-11/h3-9H,2,10H2,1H3/b7-3+. The molecule has 0 fully saturated rings. The van der Waals surface area contributed by atoms with E-state index in [0.717, 1.165) is 6.42 Å². The highest BCUT2D eigenvalue weighted by Crippen LogP contribution is 2.09. The fraction of sp³-hybridized carbons (Fsp3) is 0.273. The summed E-state index contributed by atoms with van der Waals surface area (Å²) in [7, 11) is -3.12. The van der Waals surface area contributed by atoms with Crippen LogP contribution in [0.15, 0.2) is 47.4 Å². The van der Waals surface area contributed by atoms with Crippen LogP contribution in [0.2, 0.25) is 0 Å². The van der Waals surface area contributed by atoms with E-state index in [0.29, 0.717) is 4.90 Å². The smallest absolute Gasteiger partial charge is 0.181 e. The molecule has 0 spiro atoms. The Morgan fingerprint density at radius 2 is 1.79 bits per heavy atom. The Balaban J connectivity index is 2.82. The van der Waals surface area contributed by atoms with Crippen molar-refractivity contribution in [2.75, 3.05) is 5.75 Å². The van der Waals surface area contributed by atoms with E-state index in [9.17, 15) is 8.42 Å². The van der Waals surface area contributed by atoms with E-state index in [1.165, 1.54) is 0 Å². The second-order valence-corrected chi connectivity index (χ2v) is 5.01. The summed E-state index contributed by atoms with van der Waals surface area (Å²) in [5.41, 5.74) is 0. The molecule has 1 aromatic carbocycles. The molecule has 0 saturated carbocycles. The summed E-state index contributed by atoms with van der Waals surface area (Å²) in [6, 6.07) is 8.51. The number of hydrogen-bond acceptors (Lipinski definition) is 2. The van der Waals surface area contributed by atoms with Gasteiger partial charge in [0.1, 0.15) is 0 Å². The van der Waals surface area contributed by atoms with Crippen molar-refractivity contribution in [1.29, 1.82) is 0 Å². The van der Waals surface area contributed by atoms with E-state index in [-0.39, 0.29) is 5.75 Å². The van der Waals surface area contributed by atoms with E-state index in [1.807, 2.05) is 13.0 Å². The summed E-state index contributed by atoms with van der Waals surface area (Å²) in [6.07, 6.45) is 4.42. The molecule has 0 aromatic heterocycles. The van der Waals surface area contributed by atoms with Gasteiger partial charge in [-0.15, -0.1) is 0 Å². The third-order valence-electron chi connectivity index (χ3n) is 1.82. The van der Waals surface area contributed by atoms with Gasteiger partial charge >= 0.3 is 0 Å². The van der Waals surface area contributed by atoms with Crippen LogP contribution in [-0.4, -0.2) is 14.2 Å². The van der Waals surface area contributed by atoms with E-state index in [2.05, 4.69) is 0 Å². The topological polar surface area (TPSA) is 34.1 Å². The highest BCUT2D eigenvalue weighted by atomic mass is 32.2. The maximum absolute atomic E-state index is 11.7.